The highest BCUT2D eigenvalue weighted by Crippen LogP contribution is 2.39. The summed E-state index contributed by atoms with van der Waals surface area (Å²) in [6.45, 7) is 3.28. The maximum atomic E-state index is 4.67. The quantitative estimate of drug-likeness (QED) is 0.871. The van der Waals surface area contributed by atoms with Gasteiger partial charge in [0.25, 0.3) is 0 Å². The zero-order valence-electron chi connectivity index (χ0n) is 11.3. The number of aryl methyl sites for hydroxylation is 1. The van der Waals surface area contributed by atoms with E-state index in [-0.39, 0.29) is 0 Å². The van der Waals surface area contributed by atoms with Gasteiger partial charge in [0.1, 0.15) is 5.82 Å². The van der Waals surface area contributed by atoms with E-state index >= 15 is 0 Å². The molecule has 0 radical (unpaired) electrons. The molecule has 2 aliphatic rings. The molecule has 2 heterocycles. The van der Waals surface area contributed by atoms with E-state index in [4.69, 9.17) is 0 Å². The van der Waals surface area contributed by atoms with Crippen LogP contribution in [0.3, 0.4) is 0 Å². The summed E-state index contributed by atoms with van der Waals surface area (Å²) >= 11 is 0. The second kappa shape index (κ2) is 4.75. The van der Waals surface area contributed by atoms with Gasteiger partial charge in [0, 0.05) is 31.4 Å². The van der Waals surface area contributed by atoms with Crippen LogP contribution < -0.4 is 10.2 Å². The molecule has 1 aromatic rings. The predicted octanol–water partition coefficient (Wildman–Crippen LogP) is 2.60. The van der Waals surface area contributed by atoms with Gasteiger partial charge in [0.15, 0.2) is 0 Å². The van der Waals surface area contributed by atoms with Gasteiger partial charge in [-0.05, 0) is 32.1 Å². The number of hydrogen-bond acceptors (Lipinski definition) is 4. The number of anilines is 2. The van der Waals surface area contributed by atoms with Crippen LogP contribution in [0.5, 0.6) is 0 Å². The third-order valence-electron chi connectivity index (χ3n) is 4.45. The van der Waals surface area contributed by atoms with E-state index in [0.717, 1.165) is 30.3 Å². The Morgan fingerprint density at radius 1 is 1.28 bits per heavy atom. The van der Waals surface area contributed by atoms with Crippen molar-refractivity contribution in [2.45, 2.75) is 45.1 Å². The lowest BCUT2D eigenvalue weighted by Gasteiger charge is -2.33. The summed E-state index contributed by atoms with van der Waals surface area (Å²) < 4.78 is 0. The molecule has 1 N–H and O–H groups in total. The Balaban J connectivity index is 1.90. The van der Waals surface area contributed by atoms with Gasteiger partial charge < -0.3 is 10.2 Å². The van der Waals surface area contributed by atoms with Crippen molar-refractivity contribution < 1.29 is 0 Å². The van der Waals surface area contributed by atoms with Crippen molar-refractivity contribution >= 4 is 11.8 Å². The Labute approximate surface area is 109 Å². The van der Waals surface area contributed by atoms with Crippen molar-refractivity contribution in [1.29, 1.82) is 0 Å². The lowest BCUT2D eigenvalue weighted by atomic mass is 9.85. The van der Waals surface area contributed by atoms with Crippen LogP contribution in [0.4, 0.5) is 11.8 Å². The topological polar surface area (TPSA) is 41.1 Å². The Morgan fingerprint density at radius 3 is 2.94 bits per heavy atom. The maximum absolute atomic E-state index is 4.67. The lowest BCUT2D eigenvalue weighted by Crippen LogP contribution is -2.35. The van der Waals surface area contributed by atoms with Gasteiger partial charge in [-0.15, -0.1) is 0 Å². The van der Waals surface area contributed by atoms with Crippen LogP contribution in [0.2, 0.25) is 0 Å². The van der Waals surface area contributed by atoms with Crippen LogP contribution in [0.15, 0.2) is 6.20 Å². The van der Waals surface area contributed by atoms with Crippen LogP contribution in [-0.4, -0.2) is 29.6 Å². The van der Waals surface area contributed by atoms with E-state index in [1.807, 2.05) is 13.2 Å². The first-order chi connectivity index (χ1) is 8.79. The van der Waals surface area contributed by atoms with Crippen LogP contribution in [0.1, 0.15) is 37.7 Å². The van der Waals surface area contributed by atoms with E-state index in [1.54, 1.807) is 0 Å². The van der Waals surface area contributed by atoms with Crippen molar-refractivity contribution in [3.63, 3.8) is 0 Å². The van der Waals surface area contributed by atoms with Gasteiger partial charge in [-0.1, -0.05) is 12.8 Å². The molecule has 98 valence electrons. The van der Waals surface area contributed by atoms with Gasteiger partial charge in [-0.2, -0.15) is 4.98 Å². The minimum absolute atomic E-state index is 0.719. The third-order valence-corrected chi connectivity index (χ3v) is 4.45. The Kier molecular flexibility index (Phi) is 3.10. The monoisotopic (exact) mass is 246 g/mol. The molecule has 0 spiro atoms. The summed E-state index contributed by atoms with van der Waals surface area (Å²) in [6, 6.07) is 0.719. The Bertz CT molecular complexity index is 432. The van der Waals surface area contributed by atoms with Crippen LogP contribution in [-0.2, 0) is 0 Å². The predicted molar refractivity (Wildman–Crippen MR) is 74.0 cm³/mol. The van der Waals surface area contributed by atoms with E-state index < -0.39 is 0 Å². The first-order valence-corrected chi connectivity index (χ1v) is 7.07. The molecule has 4 heteroatoms. The van der Waals surface area contributed by atoms with Gasteiger partial charge >= 0.3 is 0 Å². The van der Waals surface area contributed by atoms with E-state index in [0.29, 0.717) is 0 Å². The molecule has 0 amide bonds. The molecule has 1 aromatic heterocycles. The van der Waals surface area contributed by atoms with E-state index in [9.17, 15) is 0 Å². The summed E-state index contributed by atoms with van der Waals surface area (Å²) in [4.78, 5) is 11.5. The summed E-state index contributed by atoms with van der Waals surface area (Å²) in [5.74, 6) is 2.77. The molecule has 1 saturated carbocycles. The highest BCUT2D eigenvalue weighted by atomic mass is 15.3. The minimum atomic E-state index is 0.719. The van der Waals surface area contributed by atoms with Crippen molar-refractivity contribution in [2.24, 2.45) is 5.92 Å². The number of rotatable bonds is 2. The standard InChI is InChI=1S/C14H22N4/c1-10-9-16-14(15-2)17-13(10)18-8-7-11-5-3-4-6-12(11)18/h9,11-12H,3-8H2,1-2H3,(H,15,16,17). The molecule has 2 fully saturated rings. The Hall–Kier alpha value is -1.32. The molecule has 0 aromatic carbocycles. The highest BCUT2D eigenvalue weighted by Gasteiger charge is 2.36. The summed E-state index contributed by atoms with van der Waals surface area (Å²) in [5.41, 5.74) is 1.19. The fraction of sp³-hybridized carbons (Fsp3) is 0.714. The zero-order chi connectivity index (χ0) is 12.5. The molecule has 18 heavy (non-hydrogen) atoms. The average molecular weight is 246 g/mol. The number of fused-ring (bicyclic) bond motifs is 1. The molecule has 3 rings (SSSR count). The van der Waals surface area contributed by atoms with Crippen LogP contribution in [0, 0.1) is 12.8 Å². The fourth-order valence-corrected chi connectivity index (χ4v) is 3.51. The van der Waals surface area contributed by atoms with Crippen molar-refractivity contribution in [3.8, 4) is 0 Å². The number of aromatic nitrogens is 2. The third kappa shape index (κ3) is 1.93. The van der Waals surface area contributed by atoms with E-state index in [1.165, 1.54) is 37.7 Å². The summed E-state index contributed by atoms with van der Waals surface area (Å²) in [5, 5.41) is 3.04. The molecular formula is C14H22N4. The van der Waals surface area contributed by atoms with Crippen molar-refractivity contribution in [3.05, 3.63) is 11.8 Å². The molecular weight excluding hydrogens is 224 g/mol. The Morgan fingerprint density at radius 2 is 2.11 bits per heavy atom. The molecule has 0 bridgehead atoms. The summed E-state index contributed by atoms with van der Waals surface area (Å²) in [6.07, 6.45) is 8.81. The molecule has 1 saturated heterocycles. The van der Waals surface area contributed by atoms with Crippen molar-refractivity contribution in [2.75, 3.05) is 23.8 Å². The minimum Gasteiger partial charge on any atom is -0.357 e. The SMILES string of the molecule is CNc1ncc(C)c(N2CCC3CCCCC32)n1. The average Bonchev–Trinajstić information content (AvgIpc) is 2.83. The summed E-state index contributed by atoms with van der Waals surface area (Å²) in [7, 11) is 1.88. The maximum Gasteiger partial charge on any atom is 0.224 e. The second-order valence-electron chi connectivity index (χ2n) is 5.54. The van der Waals surface area contributed by atoms with Gasteiger partial charge in [0.2, 0.25) is 5.95 Å². The molecule has 1 aliphatic carbocycles. The van der Waals surface area contributed by atoms with E-state index in [2.05, 4.69) is 27.1 Å². The first kappa shape index (κ1) is 11.8. The molecule has 2 atom stereocenters. The van der Waals surface area contributed by atoms with Crippen LogP contribution in [0.25, 0.3) is 0 Å². The highest BCUT2D eigenvalue weighted by molar-refractivity contribution is 5.50. The zero-order valence-corrected chi connectivity index (χ0v) is 11.3. The normalized spacial score (nSPS) is 27.1. The molecule has 2 unspecified atom stereocenters. The van der Waals surface area contributed by atoms with Crippen LogP contribution >= 0.6 is 0 Å². The molecule has 4 nitrogen and oxygen atoms in total. The van der Waals surface area contributed by atoms with Gasteiger partial charge in [-0.3, -0.25) is 0 Å². The van der Waals surface area contributed by atoms with Gasteiger partial charge in [0.05, 0.1) is 0 Å². The second-order valence-corrected chi connectivity index (χ2v) is 5.54. The van der Waals surface area contributed by atoms with Crippen molar-refractivity contribution in [1.82, 2.24) is 9.97 Å². The largest absolute Gasteiger partial charge is 0.357 e. The number of hydrogen-bond donors (Lipinski definition) is 1. The fourth-order valence-electron chi connectivity index (χ4n) is 3.51. The number of nitrogens with zero attached hydrogens (tertiary/aromatic N) is 3. The van der Waals surface area contributed by atoms with Gasteiger partial charge in [-0.25, -0.2) is 4.98 Å². The number of nitrogens with one attached hydrogen (secondary N) is 1. The molecule has 1 aliphatic heterocycles. The first-order valence-electron chi connectivity index (χ1n) is 7.07. The lowest BCUT2D eigenvalue weighted by molar-refractivity contribution is 0.341. The smallest absolute Gasteiger partial charge is 0.224 e.